The van der Waals surface area contributed by atoms with E-state index in [0.717, 1.165) is 67.9 Å². The van der Waals surface area contributed by atoms with Gasteiger partial charge in [-0.15, -0.1) is 0 Å². The molecule has 5 aliphatic rings. The van der Waals surface area contributed by atoms with Crippen molar-refractivity contribution in [3.8, 4) is 0 Å². The molecule has 4 aliphatic carbocycles. The predicted molar refractivity (Wildman–Crippen MR) is 117 cm³/mol. The fourth-order valence-electron chi connectivity index (χ4n) is 6.81. The average Bonchev–Trinajstić information content (AvgIpc) is 2.68. The molecule has 0 radical (unpaired) electrons. The second-order valence-corrected chi connectivity index (χ2v) is 10.2. The quantitative estimate of drug-likeness (QED) is 0.664. The Morgan fingerprint density at radius 3 is 2.21 bits per heavy atom. The molecule has 3 N–H and O–H groups in total. The summed E-state index contributed by atoms with van der Waals surface area (Å²) in [6, 6.07) is 9.20. The van der Waals surface area contributed by atoms with Crippen molar-refractivity contribution in [2.45, 2.75) is 43.9 Å². The molecule has 5 fully saturated rings. The molecule has 152 valence electrons. The summed E-state index contributed by atoms with van der Waals surface area (Å²) in [6.45, 7) is 5.98. The zero-order valence-electron chi connectivity index (χ0n) is 16.8. The molecule has 1 aromatic rings. The Labute approximate surface area is 174 Å². The number of morpholine rings is 1. The van der Waals surface area contributed by atoms with Crippen molar-refractivity contribution in [1.82, 2.24) is 5.32 Å². The van der Waals surface area contributed by atoms with E-state index in [2.05, 4.69) is 34.9 Å². The SMILES string of the molecule is S=C(NCC[NH+]1CCOCC1)Nc1ccc(C23CC4CC(CC(C4)C2)C3)cc1. The van der Waals surface area contributed by atoms with Crippen LogP contribution < -0.4 is 15.5 Å². The Morgan fingerprint density at radius 2 is 1.61 bits per heavy atom. The molecule has 4 nitrogen and oxygen atoms in total. The second-order valence-electron chi connectivity index (χ2n) is 9.77. The molecular formula is C23H34N3OS+. The number of hydrogen-bond donors (Lipinski definition) is 3. The monoisotopic (exact) mass is 400 g/mol. The number of rotatable bonds is 5. The fourth-order valence-corrected chi connectivity index (χ4v) is 7.03. The molecule has 0 atom stereocenters. The van der Waals surface area contributed by atoms with Crippen LogP contribution in [0.1, 0.15) is 44.1 Å². The molecule has 0 unspecified atom stereocenters. The van der Waals surface area contributed by atoms with Crippen LogP contribution in [0.3, 0.4) is 0 Å². The van der Waals surface area contributed by atoms with Gasteiger partial charge in [0.2, 0.25) is 0 Å². The van der Waals surface area contributed by atoms with Crippen LogP contribution in [-0.4, -0.2) is 44.5 Å². The summed E-state index contributed by atoms with van der Waals surface area (Å²) in [5, 5.41) is 7.46. The molecule has 0 aromatic heterocycles. The number of thiocarbonyl (C=S) groups is 1. The summed E-state index contributed by atoms with van der Waals surface area (Å²) in [4.78, 5) is 1.60. The van der Waals surface area contributed by atoms with Crippen molar-refractivity contribution in [3.63, 3.8) is 0 Å². The predicted octanol–water partition coefficient (Wildman–Crippen LogP) is 2.36. The van der Waals surface area contributed by atoms with Gasteiger partial charge in [-0.3, -0.25) is 0 Å². The van der Waals surface area contributed by atoms with Gasteiger partial charge in [0.1, 0.15) is 13.1 Å². The third kappa shape index (κ3) is 3.94. The first kappa shape index (κ1) is 18.8. The first-order valence-electron chi connectivity index (χ1n) is 11.3. The fraction of sp³-hybridized carbons (Fsp3) is 0.696. The lowest BCUT2D eigenvalue weighted by atomic mass is 9.48. The van der Waals surface area contributed by atoms with Gasteiger partial charge in [-0.05, 0) is 91.6 Å². The van der Waals surface area contributed by atoms with E-state index in [-0.39, 0.29) is 0 Å². The van der Waals surface area contributed by atoms with E-state index in [1.54, 1.807) is 10.5 Å². The van der Waals surface area contributed by atoms with Gasteiger partial charge in [0.05, 0.1) is 26.3 Å². The zero-order valence-corrected chi connectivity index (χ0v) is 17.7. The van der Waals surface area contributed by atoms with E-state index in [0.29, 0.717) is 5.41 Å². The van der Waals surface area contributed by atoms with Gasteiger partial charge in [0, 0.05) is 5.69 Å². The zero-order chi connectivity index (χ0) is 19.0. The molecule has 1 heterocycles. The lowest BCUT2D eigenvalue weighted by molar-refractivity contribution is -0.906. The number of benzene rings is 1. The number of nitrogens with one attached hydrogen (secondary N) is 3. The van der Waals surface area contributed by atoms with E-state index in [1.807, 2.05) is 0 Å². The van der Waals surface area contributed by atoms with E-state index in [4.69, 9.17) is 17.0 Å². The van der Waals surface area contributed by atoms with Crippen LogP contribution in [0.25, 0.3) is 0 Å². The van der Waals surface area contributed by atoms with Crippen molar-refractivity contribution in [1.29, 1.82) is 0 Å². The number of ether oxygens (including phenoxy) is 1. The van der Waals surface area contributed by atoms with Crippen LogP contribution in [-0.2, 0) is 10.2 Å². The van der Waals surface area contributed by atoms with Crippen LogP contribution in [0.2, 0.25) is 0 Å². The molecule has 1 aliphatic heterocycles. The lowest BCUT2D eigenvalue weighted by Crippen LogP contribution is -3.14. The Morgan fingerprint density at radius 1 is 1.00 bits per heavy atom. The molecule has 4 saturated carbocycles. The highest BCUT2D eigenvalue weighted by Crippen LogP contribution is 2.60. The molecule has 4 bridgehead atoms. The van der Waals surface area contributed by atoms with E-state index in [1.165, 1.54) is 38.5 Å². The highest BCUT2D eigenvalue weighted by molar-refractivity contribution is 7.80. The van der Waals surface area contributed by atoms with Crippen LogP contribution in [0.4, 0.5) is 5.69 Å². The van der Waals surface area contributed by atoms with Crippen LogP contribution >= 0.6 is 12.2 Å². The van der Waals surface area contributed by atoms with Gasteiger partial charge in [-0.1, -0.05) is 12.1 Å². The highest BCUT2D eigenvalue weighted by atomic mass is 32.1. The van der Waals surface area contributed by atoms with Gasteiger partial charge >= 0.3 is 0 Å². The largest absolute Gasteiger partial charge is 0.370 e. The van der Waals surface area contributed by atoms with Gasteiger partial charge < -0.3 is 20.3 Å². The van der Waals surface area contributed by atoms with E-state index in [9.17, 15) is 0 Å². The van der Waals surface area contributed by atoms with E-state index >= 15 is 0 Å². The van der Waals surface area contributed by atoms with Crippen molar-refractivity contribution < 1.29 is 9.64 Å². The first-order valence-corrected chi connectivity index (χ1v) is 11.7. The highest BCUT2D eigenvalue weighted by Gasteiger charge is 2.51. The van der Waals surface area contributed by atoms with Crippen molar-refractivity contribution >= 4 is 23.0 Å². The van der Waals surface area contributed by atoms with Crippen LogP contribution in [0.5, 0.6) is 0 Å². The average molecular weight is 401 g/mol. The normalized spacial score (nSPS) is 34.4. The standard InChI is InChI=1S/C23H33N3OS/c28-22(24-5-6-26-7-9-27-10-8-26)25-21-3-1-20(2-4-21)23-14-17-11-18(15-23)13-19(12-17)16-23/h1-4,17-19H,5-16H2,(H2,24,25,28)/p+1. The maximum atomic E-state index is 5.50. The maximum Gasteiger partial charge on any atom is 0.170 e. The van der Waals surface area contributed by atoms with Crippen molar-refractivity contribution in [3.05, 3.63) is 29.8 Å². The second kappa shape index (κ2) is 7.92. The molecular weight excluding hydrogens is 366 g/mol. The third-order valence-electron chi connectivity index (χ3n) is 7.76. The molecule has 1 aromatic carbocycles. The number of quaternary nitrogens is 1. The molecule has 0 spiro atoms. The summed E-state index contributed by atoms with van der Waals surface area (Å²) < 4.78 is 5.41. The summed E-state index contributed by atoms with van der Waals surface area (Å²) in [7, 11) is 0. The lowest BCUT2D eigenvalue weighted by Gasteiger charge is -2.57. The summed E-state index contributed by atoms with van der Waals surface area (Å²) in [5.41, 5.74) is 3.16. The first-order chi connectivity index (χ1) is 13.7. The minimum absolute atomic E-state index is 0.479. The van der Waals surface area contributed by atoms with Gasteiger partial charge in [0.15, 0.2) is 5.11 Å². The number of anilines is 1. The minimum Gasteiger partial charge on any atom is -0.370 e. The summed E-state index contributed by atoms with van der Waals surface area (Å²) in [5.74, 6) is 2.98. The van der Waals surface area contributed by atoms with Gasteiger partial charge in [0.25, 0.3) is 0 Å². The molecule has 28 heavy (non-hydrogen) atoms. The maximum absolute atomic E-state index is 5.50. The molecule has 0 amide bonds. The number of hydrogen-bond acceptors (Lipinski definition) is 2. The Hall–Kier alpha value is -1.17. The van der Waals surface area contributed by atoms with Crippen LogP contribution in [0, 0.1) is 17.8 Å². The summed E-state index contributed by atoms with van der Waals surface area (Å²) >= 11 is 5.50. The topological polar surface area (TPSA) is 37.7 Å². The van der Waals surface area contributed by atoms with Crippen molar-refractivity contribution in [2.24, 2.45) is 17.8 Å². The Kier molecular flexibility index (Phi) is 5.33. The van der Waals surface area contributed by atoms with E-state index < -0.39 is 0 Å². The smallest absolute Gasteiger partial charge is 0.170 e. The Balaban J connectivity index is 1.14. The van der Waals surface area contributed by atoms with Gasteiger partial charge in [-0.2, -0.15) is 0 Å². The third-order valence-corrected chi connectivity index (χ3v) is 8.00. The summed E-state index contributed by atoms with van der Waals surface area (Å²) in [6.07, 6.45) is 8.79. The van der Waals surface area contributed by atoms with Crippen LogP contribution in [0.15, 0.2) is 24.3 Å². The molecule has 1 saturated heterocycles. The minimum atomic E-state index is 0.479. The van der Waals surface area contributed by atoms with Crippen molar-refractivity contribution in [2.75, 3.05) is 44.7 Å². The molecule has 6 rings (SSSR count). The van der Waals surface area contributed by atoms with Gasteiger partial charge in [-0.25, -0.2) is 0 Å². The Bertz CT molecular complexity index is 663. The molecule has 5 heteroatoms.